The predicted molar refractivity (Wildman–Crippen MR) is 143 cm³/mol. The van der Waals surface area contributed by atoms with Gasteiger partial charge in [0.15, 0.2) is 0 Å². The third kappa shape index (κ3) is 27.0. The Bertz CT molecular complexity index is 539. The highest BCUT2D eigenvalue weighted by molar-refractivity contribution is 5.69. The number of aliphatic hydroxyl groups excluding tert-OH is 6. The van der Waals surface area contributed by atoms with Gasteiger partial charge in [0.2, 0.25) is 0 Å². The van der Waals surface area contributed by atoms with Gasteiger partial charge in [-0.05, 0) is 6.42 Å². The van der Waals surface area contributed by atoms with E-state index in [1.165, 1.54) is 38.5 Å². The van der Waals surface area contributed by atoms with Gasteiger partial charge in [-0.1, -0.05) is 58.3 Å². The molecule has 0 amide bonds. The third-order valence-electron chi connectivity index (χ3n) is 5.61. The largest absolute Gasteiger partial charge is 0.463 e. The Hall–Kier alpha value is -0.930. The SMILES string of the molecule is CCCCCCCCCCCC(=O)OCC(O)COCC(O)COCC(O)COCC(O)COCC(O)CO. The average molecular weight is 571 g/mol. The van der Waals surface area contributed by atoms with Crippen LogP contribution in [0.15, 0.2) is 0 Å². The Morgan fingerprint density at radius 1 is 0.513 bits per heavy atom. The molecule has 5 unspecified atom stereocenters. The first-order valence-corrected chi connectivity index (χ1v) is 14.3. The highest BCUT2D eigenvalue weighted by atomic mass is 16.6. The first kappa shape index (κ1) is 38.1. The van der Waals surface area contributed by atoms with Gasteiger partial charge in [0.05, 0.1) is 59.5 Å². The van der Waals surface area contributed by atoms with Gasteiger partial charge in [-0.3, -0.25) is 4.79 Å². The fourth-order valence-corrected chi connectivity index (χ4v) is 3.45. The monoisotopic (exact) mass is 570 g/mol. The lowest BCUT2D eigenvalue weighted by molar-refractivity contribution is -0.148. The zero-order valence-corrected chi connectivity index (χ0v) is 23.7. The normalized spacial score (nSPS) is 15.6. The van der Waals surface area contributed by atoms with Crippen molar-refractivity contribution in [1.82, 2.24) is 0 Å². The van der Waals surface area contributed by atoms with Crippen LogP contribution in [0.4, 0.5) is 0 Å². The summed E-state index contributed by atoms with van der Waals surface area (Å²) in [5.41, 5.74) is 0. The van der Waals surface area contributed by atoms with Crippen LogP contribution in [0.1, 0.15) is 71.1 Å². The number of ether oxygens (including phenoxy) is 5. The van der Waals surface area contributed by atoms with Crippen LogP contribution < -0.4 is 0 Å². The van der Waals surface area contributed by atoms with E-state index in [4.69, 9.17) is 33.9 Å². The van der Waals surface area contributed by atoms with Gasteiger partial charge in [-0.25, -0.2) is 0 Å². The molecule has 0 aromatic carbocycles. The van der Waals surface area contributed by atoms with Crippen LogP contribution in [-0.4, -0.2) is 133 Å². The van der Waals surface area contributed by atoms with Gasteiger partial charge >= 0.3 is 5.97 Å². The smallest absolute Gasteiger partial charge is 0.305 e. The summed E-state index contributed by atoms with van der Waals surface area (Å²) in [6.07, 6.45) is 5.89. The molecule has 5 atom stereocenters. The van der Waals surface area contributed by atoms with Crippen LogP contribution in [0.3, 0.4) is 0 Å². The maximum atomic E-state index is 11.8. The van der Waals surface area contributed by atoms with Crippen molar-refractivity contribution in [3.8, 4) is 0 Å². The van der Waals surface area contributed by atoms with Crippen LogP contribution in [0.5, 0.6) is 0 Å². The van der Waals surface area contributed by atoms with Crippen LogP contribution >= 0.6 is 0 Å². The standard InChI is InChI=1S/C27H54O12/c1-2-3-4-5-6-7-8-9-10-11-27(34)39-21-26(33)20-38-19-25(32)18-37-17-24(31)16-36-15-23(30)14-35-13-22(29)12-28/h22-26,28-33H,2-21H2,1H3. The topological polar surface area (TPSA) is 185 Å². The summed E-state index contributed by atoms with van der Waals surface area (Å²) >= 11 is 0. The fraction of sp³-hybridized carbons (Fsp3) is 0.963. The second-order valence-corrected chi connectivity index (χ2v) is 9.86. The maximum Gasteiger partial charge on any atom is 0.305 e. The van der Waals surface area contributed by atoms with Crippen LogP contribution in [0.2, 0.25) is 0 Å². The summed E-state index contributed by atoms with van der Waals surface area (Å²) in [6, 6.07) is 0. The van der Waals surface area contributed by atoms with Crippen molar-refractivity contribution < 1.29 is 59.1 Å². The molecule has 234 valence electrons. The van der Waals surface area contributed by atoms with E-state index in [0.29, 0.717) is 6.42 Å². The van der Waals surface area contributed by atoms with Crippen LogP contribution in [0.25, 0.3) is 0 Å². The van der Waals surface area contributed by atoms with E-state index in [1.807, 2.05) is 0 Å². The maximum absolute atomic E-state index is 11.8. The summed E-state index contributed by atoms with van der Waals surface area (Å²) in [5, 5.41) is 57.1. The van der Waals surface area contributed by atoms with Gasteiger partial charge in [0.25, 0.3) is 0 Å². The van der Waals surface area contributed by atoms with Crippen molar-refractivity contribution in [1.29, 1.82) is 0 Å². The van der Waals surface area contributed by atoms with Gasteiger partial charge in [-0.2, -0.15) is 0 Å². The fourth-order valence-electron chi connectivity index (χ4n) is 3.45. The van der Waals surface area contributed by atoms with Crippen molar-refractivity contribution in [3.63, 3.8) is 0 Å². The number of esters is 1. The molecule has 0 aliphatic carbocycles. The molecule has 0 rings (SSSR count). The van der Waals surface area contributed by atoms with Crippen molar-refractivity contribution >= 4 is 5.97 Å². The number of carbonyl (C=O) groups is 1. The molecule has 0 saturated carbocycles. The second-order valence-electron chi connectivity index (χ2n) is 9.86. The molecule has 0 aliphatic rings. The van der Waals surface area contributed by atoms with Crippen molar-refractivity contribution in [2.75, 3.05) is 66.1 Å². The first-order valence-electron chi connectivity index (χ1n) is 14.3. The summed E-state index contributed by atoms with van der Waals surface area (Å²) in [4.78, 5) is 11.8. The summed E-state index contributed by atoms with van der Waals surface area (Å²) in [5.74, 6) is -0.339. The molecule has 0 fully saturated rings. The molecule has 6 N–H and O–H groups in total. The molecule has 12 nitrogen and oxygen atoms in total. The molecular weight excluding hydrogens is 516 g/mol. The lowest BCUT2D eigenvalue weighted by Gasteiger charge is -2.17. The van der Waals surface area contributed by atoms with Gasteiger partial charge in [-0.15, -0.1) is 0 Å². The summed E-state index contributed by atoms with van der Waals surface area (Å²) < 4.78 is 25.7. The Morgan fingerprint density at radius 2 is 0.846 bits per heavy atom. The van der Waals surface area contributed by atoms with Crippen LogP contribution in [0, 0.1) is 0 Å². The van der Waals surface area contributed by atoms with Gasteiger partial charge < -0.3 is 54.3 Å². The molecule has 0 spiro atoms. The number of aliphatic hydroxyl groups is 6. The Kier molecular flexibility index (Phi) is 26.6. The van der Waals surface area contributed by atoms with Gasteiger partial charge in [0, 0.05) is 6.42 Å². The molecule has 0 aromatic rings. The van der Waals surface area contributed by atoms with E-state index < -0.39 is 37.1 Å². The Balaban J connectivity index is 3.61. The molecular formula is C27H54O12. The van der Waals surface area contributed by atoms with E-state index in [2.05, 4.69) is 6.92 Å². The van der Waals surface area contributed by atoms with E-state index in [-0.39, 0.29) is 65.4 Å². The lowest BCUT2D eigenvalue weighted by atomic mass is 10.1. The minimum atomic E-state index is -1.01. The first-order chi connectivity index (χ1) is 18.8. The highest BCUT2D eigenvalue weighted by Gasteiger charge is 2.13. The van der Waals surface area contributed by atoms with E-state index in [0.717, 1.165) is 19.3 Å². The molecule has 0 aliphatic heterocycles. The number of hydrogen-bond acceptors (Lipinski definition) is 12. The highest BCUT2D eigenvalue weighted by Crippen LogP contribution is 2.11. The number of unbranched alkanes of at least 4 members (excludes halogenated alkanes) is 8. The van der Waals surface area contributed by atoms with Gasteiger partial charge in [0.1, 0.15) is 37.1 Å². The summed E-state index contributed by atoms with van der Waals surface area (Å²) in [6.45, 7) is 0.779. The summed E-state index contributed by atoms with van der Waals surface area (Å²) in [7, 11) is 0. The Labute approximate surface area is 233 Å². The van der Waals surface area contributed by atoms with Crippen molar-refractivity contribution in [2.45, 2.75) is 102 Å². The number of rotatable bonds is 29. The number of carbonyl (C=O) groups excluding carboxylic acids is 1. The van der Waals surface area contributed by atoms with E-state index in [1.54, 1.807) is 0 Å². The molecule has 0 bridgehead atoms. The van der Waals surface area contributed by atoms with Crippen molar-refractivity contribution in [2.24, 2.45) is 0 Å². The molecule has 39 heavy (non-hydrogen) atoms. The molecule has 0 radical (unpaired) electrons. The molecule has 0 aromatic heterocycles. The minimum absolute atomic E-state index is 0.0909. The third-order valence-corrected chi connectivity index (χ3v) is 5.61. The predicted octanol–water partition coefficient (Wildman–Crippen LogP) is 0.314. The van der Waals surface area contributed by atoms with E-state index >= 15 is 0 Å². The van der Waals surface area contributed by atoms with Crippen LogP contribution in [-0.2, 0) is 28.5 Å². The molecule has 0 saturated heterocycles. The van der Waals surface area contributed by atoms with E-state index in [9.17, 15) is 25.2 Å². The quantitative estimate of drug-likeness (QED) is 0.0535. The van der Waals surface area contributed by atoms with Crippen molar-refractivity contribution in [3.05, 3.63) is 0 Å². The zero-order chi connectivity index (χ0) is 29.1. The minimum Gasteiger partial charge on any atom is -0.463 e. The average Bonchev–Trinajstić information content (AvgIpc) is 2.90. The second kappa shape index (κ2) is 27.3. The number of hydrogen-bond donors (Lipinski definition) is 6. The lowest BCUT2D eigenvalue weighted by Crippen LogP contribution is -2.31. The zero-order valence-electron chi connectivity index (χ0n) is 23.7. The molecule has 0 heterocycles. The Morgan fingerprint density at radius 3 is 1.23 bits per heavy atom. The molecule has 12 heteroatoms.